The molecule has 4 aliphatic rings. The summed E-state index contributed by atoms with van der Waals surface area (Å²) in [6, 6.07) is 0. The topological polar surface area (TPSA) is 146 Å². The van der Waals surface area contributed by atoms with Gasteiger partial charge in [-0.3, -0.25) is 24.0 Å². The fraction of sp³-hybridized carbons (Fsp3) is 0.767. The highest BCUT2D eigenvalue weighted by molar-refractivity contribution is 6.05. The molecule has 0 radical (unpaired) electrons. The highest BCUT2D eigenvalue weighted by atomic mass is 16.4. The number of hydrogen-bond acceptors (Lipinski definition) is 7. The number of allylic oxidation sites excluding steroid dienone is 1. The van der Waals surface area contributed by atoms with Gasteiger partial charge in [0.15, 0.2) is 5.78 Å². The van der Waals surface area contributed by atoms with E-state index in [1.54, 1.807) is 6.92 Å². The Balaban J connectivity index is 1.76. The number of Topliss-reactive ketones (excluding diaryl/α,β-unsaturated/α-hetero) is 4. The second kappa shape index (κ2) is 9.19. The van der Waals surface area contributed by atoms with Crippen LogP contribution < -0.4 is 0 Å². The molecule has 0 aromatic rings. The Hall–Kier alpha value is -2.19. The predicted molar refractivity (Wildman–Crippen MR) is 138 cm³/mol. The van der Waals surface area contributed by atoms with Crippen LogP contribution in [0.15, 0.2) is 11.1 Å². The molecule has 0 aromatic carbocycles. The molecule has 0 amide bonds. The van der Waals surface area contributed by atoms with E-state index in [0.717, 1.165) is 0 Å². The molecule has 9 atom stereocenters. The van der Waals surface area contributed by atoms with Gasteiger partial charge in [-0.1, -0.05) is 34.6 Å². The SMILES string of the molecule is CC(CC(=O)CC(C)[C@H]1CC(=O)[C@@]2(C)C3=C(C(=O)C[C@]12C)[C@@]1(C)CCC(=O)C(C)(CO)[C@@H]1C[C@@H]3O)C(=O)O. The lowest BCUT2D eigenvalue weighted by Gasteiger charge is -2.60. The van der Waals surface area contributed by atoms with Crippen LogP contribution in [0.25, 0.3) is 0 Å². The molecule has 38 heavy (non-hydrogen) atoms. The van der Waals surface area contributed by atoms with Gasteiger partial charge in [-0.25, -0.2) is 0 Å². The second-order valence-electron chi connectivity index (χ2n) is 13.5. The monoisotopic (exact) mass is 530 g/mol. The first-order valence-electron chi connectivity index (χ1n) is 13.9. The molecule has 0 saturated heterocycles. The van der Waals surface area contributed by atoms with Crippen LogP contribution in [-0.4, -0.2) is 57.1 Å². The van der Waals surface area contributed by atoms with Crippen molar-refractivity contribution < 1.29 is 39.3 Å². The smallest absolute Gasteiger partial charge is 0.306 e. The minimum absolute atomic E-state index is 0.0545. The number of aliphatic hydroxyl groups excluding tert-OH is 2. The molecule has 4 rings (SSSR count). The number of carbonyl (C=O) groups is 5. The number of carboxylic acid groups (broad SMARTS) is 1. The number of carbonyl (C=O) groups excluding carboxylic acids is 4. The molecule has 3 unspecified atom stereocenters. The lowest BCUT2D eigenvalue weighted by molar-refractivity contribution is -0.152. The fourth-order valence-electron chi connectivity index (χ4n) is 8.96. The Morgan fingerprint density at radius 3 is 2.24 bits per heavy atom. The van der Waals surface area contributed by atoms with Crippen LogP contribution in [-0.2, 0) is 24.0 Å². The van der Waals surface area contributed by atoms with E-state index in [9.17, 15) is 39.3 Å². The van der Waals surface area contributed by atoms with Crippen molar-refractivity contribution >= 4 is 29.1 Å². The largest absolute Gasteiger partial charge is 0.481 e. The minimum Gasteiger partial charge on any atom is -0.481 e. The maximum atomic E-state index is 14.1. The van der Waals surface area contributed by atoms with Gasteiger partial charge in [0, 0.05) is 43.1 Å². The summed E-state index contributed by atoms with van der Waals surface area (Å²) in [6.45, 7) is 10.5. The van der Waals surface area contributed by atoms with Crippen LogP contribution in [0.4, 0.5) is 0 Å². The van der Waals surface area contributed by atoms with Crippen LogP contribution in [0.5, 0.6) is 0 Å². The van der Waals surface area contributed by atoms with E-state index < -0.39 is 45.6 Å². The zero-order valence-corrected chi connectivity index (χ0v) is 23.4. The van der Waals surface area contributed by atoms with Gasteiger partial charge >= 0.3 is 5.97 Å². The molecular formula is C30H42O8. The zero-order valence-electron chi connectivity index (χ0n) is 23.4. The molecule has 8 heteroatoms. The summed E-state index contributed by atoms with van der Waals surface area (Å²) >= 11 is 0. The summed E-state index contributed by atoms with van der Waals surface area (Å²) in [4.78, 5) is 64.8. The molecule has 4 aliphatic carbocycles. The quantitative estimate of drug-likeness (QED) is 0.454. The van der Waals surface area contributed by atoms with Crippen molar-refractivity contribution in [3.8, 4) is 0 Å². The van der Waals surface area contributed by atoms with Gasteiger partial charge in [0.25, 0.3) is 0 Å². The third-order valence-corrected chi connectivity index (χ3v) is 11.5. The van der Waals surface area contributed by atoms with E-state index in [1.165, 1.54) is 6.92 Å². The van der Waals surface area contributed by atoms with Gasteiger partial charge < -0.3 is 15.3 Å². The highest BCUT2D eigenvalue weighted by Gasteiger charge is 2.70. The lowest BCUT2D eigenvalue weighted by atomic mass is 9.42. The Morgan fingerprint density at radius 2 is 1.66 bits per heavy atom. The van der Waals surface area contributed by atoms with E-state index >= 15 is 0 Å². The molecule has 0 spiro atoms. The van der Waals surface area contributed by atoms with Crippen molar-refractivity contribution in [2.24, 2.45) is 45.3 Å². The Kier molecular flexibility index (Phi) is 6.97. The molecule has 210 valence electrons. The van der Waals surface area contributed by atoms with Gasteiger partial charge in [-0.05, 0) is 48.5 Å². The number of aliphatic hydroxyl groups is 2. The van der Waals surface area contributed by atoms with E-state index in [1.807, 2.05) is 27.7 Å². The van der Waals surface area contributed by atoms with Crippen molar-refractivity contribution in [2.45, 2.75) is 92.6 Å². The molecule has 0 bridgehead atoms. The average molecular weight is 531 g/mol. The highest BCUT2D eigenvalue weighted by Crippen LogP contribution is 2.70. The normalized spacial score (nSPS) is 42.3. The summed E-state index contributed by atoms with van der Waals surface area (Å²) in [5.74, 6) is -3.19. The first-order chi connectivity index (χ1) is 17.5. The Labute approximate surface area is 224 Å². The molecule has 2 fully saturated rings. The number of ketones is 4. The lowest BCUT2D eigenvalue weighted by Crippen LogP contribution is -2.61. The van der Waals surface area contributed by atoms with Crippen molar-refractivity contribution in [3.63, 3.8) is 0 Å². The average Bonchev–Trinajstić information content (AvgIpc) is 3.03. The molecule has 8 nitrogen and oxygen atoms in total. The summed E-state index contributed by atoms with van der Waals surface area (Å²) in [5.41, 5.74) is -2.77. The van der Waals surface area contributed by atoms with Crippen LogP contribution in [0.3, 0.4) is 0 Å². The maximum Gasteiger partial charge on any atom is 0.306 e. The molecule has 0 aliphatic heterocycles. The van der Waals surface area contributed by atoms with Gasteiger partial charge in [0.05, 0.1) is 29.5 Å². The molecule has 0 heterocycles. The third kappa shape index (κ3) is 3.73. The molecule has 0 aromatic heterocycles. The van der Waals surface area contributed by atoms with Crippen LogP contribution >= 0.6 is 0 Å². The summed E-state index contributed by atoms with van der Waals surface area (Å²) in [5, 5.41) is 31.0. The third-order valence-electron chi connectivity index (χ3n) is 11.5. The van der Waals surface area contributed by atoms with Crippen LogP contribution in [0.2, 0.25) is 0 Å². The van der Waals surface area contributed by atoms with Gasteiger partial charge in [0.2, 0.25) is 0 Å². The van der Waals surface area contributed by atoms with Crippen molar-refractivity contribution in [1.82, 2.24) is 0 Å². The van der Waals surface area contributed by atoms with Crippen molar-refractivity contribution in [1.29, 1.82) is 0 Å². The van der Waals surface area contributed by atoms with Gasteiger partial charge in [-0.2, -0.15) is 0 Å². The fourth-order valence-corrected chi connectivity index (χ4v) is 8.96. The summed E-state index contributed by atoms with van der Waals surface area (Å²) < 4.78 is 0. The zero-order chi connectivity index (χ0) is 28.6. The Bertz CT molecular complexity index is 1140. The van der Waals surface area contributed by atoms with Crippen molar-refractivity contribution in [2.75, 3.05) is 6.61 Å². The van der Waals surface area contributed by atoms with E-state index in [4.69, 9.17) is 0 Å². The number of aliphatic carboxylic acids is 1. The number of hydrogen-bond donors (Lipinski definition) is 3. The molecular weight excluding hydrogens is 488 g/mol. The van der Waals surface area contributed by atoms with Crippen LogP contribution in [0.1, 0.15) is 86.5 Å². The van der Waals surface area contributed by atoms with Gasteiger partial charge in [-0.15, -0.1) is 0 Å². The first kappa shape index (κ1) is 28.8. The maximum absolute atomic E-state index is 14.1. The molecule has 2 saturated carbocycles. The van der Waals surface area contributed by atoms with E-state index in [0.29, 0.717) is 17.6 Å². The first-order valence-corrected chi connectivity index (χ1v) is 13.9. The van der Waals surface area contributed by atoms with E-state index in [2.05, 4.69) is 0 Å². The van der Waals surface area contributed by atoms with Crippen LogP contribution in [0, 0.1) is 45.3 Å². The summed E-state index contributed by atoms with van der Waals surface area (Å²) in [6.07, 6.45) is 0.0782. The Morgan fingerprint density at radius 1 is 1.03 bits per heavy atom. The minimum atomic E-state index is -1.10. The number of fused-ring (bicyclic) bond motifs is 4. The predicted octanol–water partition coefficient (Wildman–Crippen LogP) is 3.31. The standard InChI is InChI=1S/C30H42O8/c1-15(9-17(32)10-16(2)26(37)38)18-11-23(36)30(6)25-19(33)12-21-27(3,8-7-22(35)28(21,4)14-31)24(25)20(34)13-29(18,30)5/h15-16,18-19,21,31,33H,7-14H2,1-6H3,(H,37,38)/t15?,16?,18-,19+,21-,27+,28?,29-,30+/m1/s1. The van der Waals surface area contributed by atoms with E-state index in [-0.39, 0.29) is 80.1 Å². The number of rotatable bonds is 7. The summed E-state index contributed by atoms with van der Waals surface area (Å²) in [7, 11) is 0. The van der Waals surface area contributed by atoms with Gasteiger partial charge in [0.1, 0.15) is 17.3 Å². The number of carboxylic acids is 1. The molecule has 3 N–H and O–H groups in total. The second-order valence-corrected chi connectivity index (χ2v) is 13.5. The van der Waals surface area contributed by atoms with Crippen molar-refractivity contribution in [3.05, 3.63) is 11.1 Å².